The number of aromatic nitrogens is 4. The van der Waals surface area contributed by atoms with Crippen LogP contribution in [0.3, 0.4) is 0 Å². The summed E-state index contributed by atoms with van der Waals surface area (Å²) < 4.78 is 2.42. The van der Waals surface area contributed by atoms with Gasteiger partial charge in [-0.1, -0.05) is 182 Å². The van der Waals surface area contributed by atoms with Crippen molar-refractivity contribution in [3.05, 3.63) is 212 Å². The molecule has 0 saturated carbocycles. The summed E-state index contributed by atoms with van der Waals surface area (Å²) in [5, 5.41) is 4.99. The molecule has 0 aliphatic carbocycles. The standard InChI is InChI=1S/C56H38N4S/c1-61-51-23-13-22-48(56-58-54(42-19-9-4-10-20-42)57-55(59-56)43-26-24-39(25-27-43)37-14-5-2-6-15-37)52(51)41-28-32-45(33-29-41)60-49-35-31-40-18-11-12-21-46(40)53(49)47-34-30-44(36-50(47)60)38-16-7-3-8-17-38/h2-36H,1H3. The Morgan fingerprint density at radius 2 is 0.918 bits per heavy atom. The van der Waals surface area contributed by atoms with Crippen LogP contribution in [0.25, 0.3) is 106 Å². The lowest BCUT2D eigenvalue weighted by atomic mass is 9.98. The molecule has 0 aliphatic heterocycles. The van der Waals surface area contributed by atoms with Gasteiger partial charge in [-0.2, -0.15) is 0 Å². The third-order valence-electron chi connectivity index (χ3n) is 11.6. The Labute approximate surface area is 358 Å². The van der Waals surface area contributed by atoms with E-state index < -0.39 is 0 Å². The number of thioether (sulfide) groups is 1. The SMILES string of the molecule is CSc1cccc(-c2nc(-c3ccccc3)nc(-c3ccc(-c4ccccc4)cc3)n2)c1-c1ccc(-n2c3cc(-c4ccccc4)ccc3c3c4ccccc4ccc32)cc1. The maximum absolute atomic E-state index is 5.21. The Hall–Kier alpha value is -7.60. The second-order valence-electron chi connectivity index (χ2n) is 15.2. The lowest BCUT2D eigenvalue weighted by molar-refractivity contribution is 1.07. The smallest absolute Gasteiger partial charge is 0.164 e. The molecule has 61 heavy (non-hydrogen) atoms. The Bertz CT molecular complexity index is 3360. The van der Waals surface area contributed by atoms with Gasteiger partial charge >= 0.3 is 0 Å². The van der Waals surface area contributed by atoms with Crippen molar-refractivity contribution in [3.8, 4) is 73.2 Å². The first-order chi connectivity index (χ1) is 30.2. The Morgan fingerprint density at radius 3 is 1.61 bits per heavy atom. The van der Waals surface area contributed by atoms with E-state index in [0.717, 1.165) is 44.0 Å². The molecule has 0 N–H and O–H groups in total. The van der Waals surface area contributed by atoms with Crippen LogP contribution in [0.1, 0.15) is 0 Å². The van der Waals surface area contributed by atoms with E-state index >= 15 is 0 Å². The highest BCUT2D eigenvalue weighted by molar-refractivity contribution is 7.98. The van der Waals surface area contributed by atoms with Gasteiger partial charge < -0.3 is 4.57 Å². The molecule has 0 bridgehead atoms. The van der Waals surface area contributed by atoms with Crippen molar-refractivity contribution in [1.29, 1.82) is 0 Å². The molecular formula is C56H38N4S. The molecule has 0 fully saturated rings. The van der Waals surface area contributed by atoms with Crippen LogP contribution < -0.4 is 0 Å². The Kier molecular flexibility index (Phi) is 9.29. The second-order valence-corrected chi connectivity index (χ2v) is 16.0. The van der Waals surface area contributed by atoms with E-state index in [9.17, 15) is 0 Å². The maximum atomic E-state index is 5.21. The van der Waals surface area contributed by atoms with E-state index in [2.05, 4.69) is 199 Å². The van der Waals surface area contributed by atoms with Crippen LogP contribution in [0, 0.1) is 0 Å². The monoisotopic (exact) mass is 798 g/mol. The molecule has 288 valence electrons. The molecule has 0 aliphatic rings. The molecular weight excluding hydrogens is 761 g/mol. The molecule has 5 heteroatoms. The van der Waals surface area contributed by atoms with Gasteiger partial charge in [0.15, 0.2) is 17.5 Å². The van der Waals surface area contributed by atoms with E-state index in [4.69, 9.17) is 15.0 Å². The van der Waals surface area contributed by atoms with Gasteiger partial charge in [0.1, 0.15) is 0 Å². The van der Waals surface area contributed by atoms with Crippen molar-refractivity contribution in [2.45, 2.75) is 4.90 Å². The highest BCUT2D eigenvalue weighted by atomic mass is 32.2. The van der Waals surface area contributed by atoms with Crippen molar-refractivity contribution in [1.82, 2.24) is 19.5 Å². The van der Waals surface area contributed by atoms with E-state index in [1.807, 2.05) is 24.3 Å². The normalized spacial score (nSPS) is 11.4. The summed E-state index contributed by atoms with van der Waals surface area (Å²) >= 11 is 1.73. The van der Waals surface area contributed by atoms with E-state index in [0.29, 0.717) is 17.5 Å². The van der Waals surface area contributed by atoms with Gasteiger partial charge in [-0.15, -0.1) is 11.8 Å². The predicted octanol–water partition coefficient (Wildman–Crippen LogP) is 14.8. The van der Waals surface area contributed by atoms with Gasteiger partial charge in [0, 0.05) is 43.6 Å². The van der Waals surface area contributed by atoms with Crippen LogP contribution in [0.15, 0.2) is 217 Å². The largest absolute Gasteiger partial charge is 0.309 e. The van der Waals surface area contributed by atoms with Crippen LogP contribution in [0.5, 0.6) is 0 Å². The second kappa shape index (κ2) is 15.5. The number of benzene rings is 9. The van der Waals surface area contributed by atoms with Crippen LogP contribution in [-0.2, 0) is 0 Å². The number of rotatable bonds is 8. The van der Waals surface area contributed by atoms with Crippen LogP contribution in [-0.4, -0.2) is 25.8 Å². The fourth-order valence-corrected chi connectivity index (χ4v) is 9.27. The summed E-state index contributed by atoms with van der Waals surface area (Å²) in [7, 11) is 0. The summed E-state index contributed by atoms with van der Waals surface area (Å²) in [6.07, 6.45) is 2.13. The average Bonchev–Trinajstić information content (AvgIpc) is 3.68. The quantitative estimate of drug-likeness (QED) is 0.144. The van der Waals surface area contributed by atoms with E-state index in [-0.39, 0.29) is 0 Å². The van der Waals surface area contributed by atoms with Crippen LogP contribution >= 0.6 is 11.8 Å². The molecule has 11 aromatic rings. The third kappa shape index (κ3) is 6.66. The van der Waals surface area contributed by atoms with Crippen molar-refractivity contribution in [2.75, 3.05) is 6.26 Å². The summed E-state index contributed by atoms with van der Waals surface area (Å²) in [6.45, 7) is 0. The van der Waals surface area contributed by atoms with Crippen molar-refractivity contribution < 1.29 is 0 Å². The van der Waals surface area contributed by atoms with Crippen molar-refractivity contribution >= 4 is 44.3 Å². The molecule has 2 heterocycles. The molecule has 0 spiro atoms. The Balaban J connectivity index is 1.06. The zero-order valence-corrected chi connectivity index (χ0v) is 34.2. The highest BCUT2D eigenvalue weighted by Gasteiger charge is 2.20. The summed E-state index contributed by atoms with van der Waals surface area (Å²) in [4.78, 5) is 16.6. The van der Waals surface area contributed by atoms with Gasteiger partial charge in [-0.25, -0.2) is 15.0 Å². The fourth-order valence-electron chi connectivity index (χ4n) is 8.62. The first-order valence-electron chi connectivity index (χ1n) is 20.5. The first-order valence-corrected chi connectivity index (χ1v) is 21.7. The highest BCUT2D eigenvalue weighted by Crippen LogP contribution is 2.42. The number of fused-ring (bicyclic) bond motifs is 5. The number of nitrogens with zero attached hydrogens (tertiary/aromatic N) is 4. The topological polar surface area (TPSA) is 43.6 Å². The van der Waals surface area contributed by atoms with Crippen molar-refractivity contribution in [2.24, 2.45) is 0 Å². The van der Waals surface area contributed by atoms with Gasteiger partial charge in [-0.05, 0) is 75.2 Å². The minimum atomic E-state index is 0.632. The zero-order chi connectivity index (χ0) is 40.7. The Morgan fingerprint density at radius 1 is 0.377 bits per heavy atom. The van der Waals surface area contributed by atoms with E-state index in [1.165, 1.54) is 49.3 Å². The third-order valence-corrected chi connectivity index (χ3v) is 12.4. The minimum Gasteiger partial charge on any atom is -0.309 e. The van der Waals surface area contributed by atoms with E-state index in [1.54, 1.807) is 11.8 Å². The molecule has 0 amide bonds. The van der Waals surface area contributed by atoms with Gasteiger partial charge in [-0.3, -0.25) is 0 Å². The summed E-state index contributed by atoms with van der Waals surface area (Å²) in [6, 6.07) is 75.2. The maximum Gasteiger partial charge on any atom is 0.164 e. The van der Waals surface area contributed by atoms with Gasteiger partial charge in [0.2, 0.25) is 0 Å². The van der Waals surface area contributed by atoms with Crippen molar-refractivity contribution in [3.63, 3.8) is 0 Å². The van der Waals surface area contributed by atoms with Crippen LogP contribution in [0.4, 0.5) is 0 Å². The lowest BCUT2D eigenvalue weighted by Gasteiger charge is -2.16. The molecule has 0 unspecified atom stereocenters. The number of hydrogen-bond donors (Lipinski definition) is 0. The molecule has 0 saturated heterocycles. The minimum absolute atomic E-state index is 0.632. The first kappa shape index (κ1) is 36.5. The molecule has 9 aromatic carbocycles. The fraction of sp³-hybridized carbons (Fsp3) is 0.0179. The molecule has 2 aromatic heterocycles. The molecule has 11 rings (SSSR count). The molecule has 4 nitrogen and oxygen atoms in total. The van der Waals surface area contributed by atoms with Gasteiger partial charge in [0.25, 0.3) is 0 Å². The predicted molar refractivity (Wildman–Crippen MR) is 256 cm³/mol. The lowest BCUT2D eigenvalue weighted by Crippen LogP contribution is -2.01. The number of hydrogen-bond acceptors (Lipinski definition) is 4. The van der Waals surface area contributed by atoms with Gasteiger partial charge in [0.05, 0.1) is 11.0 Å². The van der Waals surface area contributed by atoms with Crippen LogP contribution in [0.2, 0.25) is 0 Å². The molecule has 0 atom stereocenters. The summed E-state index contributed by atoms with van der Waals surface area (Å²) in [5.74, 6) is 1.90. The summed E-state index contributed by atoms with van der Waals surface area (Å²) in [5.41, 5.74) is 13.2. The zero-order valence-electron chi connectivity index (χ0n) is 33.4. The molecule has 0 radical (unpaired) electrons. The average molecular weight is 799 g/mol.